The minimum absolute atomic E-state index is 0.0955. The van der Waals surface area contributed by atoms with Gasteiger partial charge in [-0.15, -0.1) is 0 Å². The molecule has 0 spiro atoms. The van der Waals surface area contributed by atoms with Crippen molar-refractivity contribution < 1.29 is 23.1 Å². The monoisotopic (exact) mass is 313 g/mol. The summed E-state index contributed by atoms with van der Waals surface area (Å²) in [5.41, 5.74) is -0.567. The average molecular weight is 313 g/mol. The quantitative estimate of drug-likeness (QED) is 0.827. The highest BCUT2D eigenvalue weighted by molar-refractivity contribution is 7.91. The maximum atomic E-state index is 11.9. The van der Waals surface area contributed by atoms with Gasteiger partial charge in [0.2, 0.25) is 0 Å². The number of anilines is 1. The number of hydrogen-bond acceptors (Lipinski definition) is 5. The summed E-state index contributed by atoms with van der Waals surface area (Å²) in [5.74, 6) is -0.866. The lowest BCUT2D eigenvalue weighted by Gasteiger charge is -2.25. The van der Waals surface area contributed by atoms with Crippen molar-refractivity contribution in [3.63, 3.8) is 0 Å². The van der Waals surface area contributed by atoms with Gasteiger partial charge in [-0.2, -0.15) is 0 Å². The van der Waals surface area contributed by atoms with E-state index in [4.69, 9.17) is 4.74 Å². The molecule has 1 heterocycles. The molecule has 1 saturated heterocycles. The Morgan fingerprint density at radius 1 is 1.38 bits per heavy atom. The molecule has 6 nitrogen and oxygen atoms in total. The third-order valence-corrected chi connectivity index (χ3v) is 5.44. The Labute approximate surface area is 124 Å². The summed E-state index contributed by atoms with van der Waals surface area (Å²) < 4.78 is 29.0. The van der Waals surface area contributed by atoms with Gasteiger partial charge in [0, 0.05) is 18.7 Å². The van der Waals surface area contributed by atoms with Crippen LogP contribution in [0.25, 0.3) is 0 Å². The van der Waals surface area contributed by atoms with Gasteiger partial charge < -0.3 is 15.2 Å². The molecule has 0 bridgehead atoms. The van der Waals surface area contributed by atoms with Gasteiger partial charge in [0.25, 0.3) is 0 Å². The van der Waals surface area contributed by atoms with E-state index in [9.17, 15) is 18.3 Å². The molecule has 0 saturated carbocycles. The Morgan fingerprint density at radius 2 is 2.05 bits per heavy atom. The Balaban J connectivity index is 2.18. The fourth-order valence-electron chi connectivity index (χ4n) is 2.29. The first kappa shape index (κ1) is 15.8. The highest BCUT2D eigenvalue weighted by Gasteiger charge is 2.42. The lowest BCUT2D eigenvalue weighted by Crippen LogP contribution is -2.47. The molecule has 21 heavy (non-hydrogen) atoms. The summed E-state index contributed by atoms with van der Waals surface area (Å²) in [5, 5.41) is 12.3. The summed E-state index contributed by atoms with van der Waals surface area (Å²) in [7, 11) is -3.25. The van der Waals surface area contributed by atoms with Crippen molar-refractivity contribution in [2.75, 3.05) is 24.3 Å². The third-order valence-electron chi connectivity index (χ3n) is 3.50. The first-order chi connectivity index (χ1) is 9.89. The highest BCUT2D eigenvalue weighted by atomic mass is 32.2. The van der Waals surface area contributed by atoms with Crippen molar-refractivity contribution in [2.24, 2.45) is 0 Å². The van der Waals surface area contributed by atoms with Gasteiger partial charge >= 0.3 is 5.97 Å². The second kappa shape index (κ2) is 6.03. The SMILES string of the molecule is CCCS(=O)(=O)c1ccc(NC2(C(=O)O)CCOC2)cc1. The molecular formula is C14H19NO5S. The van der Waals surface area contributed by atoms with Crippen molar-refractivity contribution in [2.45, 2.75) is 30.2 Å². The standard InChI is InChI=1S/C14H19NO5S/c1-2-9-21(18,19)12-5-3-11(4-6-12)15-14(13(16)17)7-8-20-10-14/h3-6,15H,2,7-10H2,1H3,(H,16,17). The number of rotatable bonds is 6. The van der Waals surface area contributed by atoms with Gasteiger partial charge in [-0.25, -0.2) is 13.2 Å². The molecule has 1 aromatic carbocycles. The van der Waals surface area contributed by atoms with Crippen LogP contribution in [0.15, 0.2) is 29.2 Å². The van der Waals surface area contributed by atoms with E-state index in [1.54, 1.807) is 12.1 Å². The molecular weight excluding hydrogens is 294 g/mol. The van der Waals surface area contributed by atoms with Crippen LogP contribution < -0.4 is 5.32 Å². The smallest absolute Gasteiger partial charge is 0.331 e. The molecule has 116 valence electrons. The molecule has 7 heteroatoms. The summed E-state index contributed by atoms with van der Waals surface area (Å²) in [6.07, 6.45) is 0.931. The zero-order valence-corrected chi connectivity index (χ0v) is 12.6. The molecule has 1 atom stereocenters. The molecule has 1 unspecified atom stereocenters. The molecule has 1 aliphatic heterocycles. The summed E-state index contributed by atoms with van der Waals surface area (Å²) in [6, 6.07) is 6.18. The molecule has 0 amide bonds. The zero-order valence-electron chi connectivity index (χ0n) is 11.8. The predicted octanol–water partition coefficient (Wildman–Crippen LogP) is 1.53. The molecule has 0 radical (unpaired) electrons. The van der Waals surface area contributed by atoms with Crippen molar-refractivity contribution in [1.82, 2.24) is 0 Å². The number of carbonyl (C=O) groups is 1. The largest absolute Gasteiger partial charge is 0.479 e. The second-order valence-corrected chi connectivity index (χ2v) is 7.27. The minimum atomic E-state index is -3.25. The van der Waals surface area contributed by atoms with Crippen LogP contribution in [0, 0.1) is 0 Å². The maximum absolute atomic E-state index is 11.9. The number of ether oxygens (including phenoxy) is 1. The van der Waals surface area contributed by atoms with Gasteiger partial charge in [-0.3, -0.25) is 0 Å². The lowest BCUT2D eigenvalue weighted by atomic mass is 9.98. The van der Waals surface area contributed by atoms with E-state index in [1.165, 1.54) is 12.1 Å². The van der Waals surface area contributed by atoms with Gasteiger partial charge in [0.05, 0.1) is 17.3 Å². The van der Waals surface area contributed by atoms with Crippen LogP contribution in [0.2, 0.25) is 0 Å². The van der Waals surface area contributed by atoms with E-state index in [0.717, 1.165) is 0 Å². The number of carboxylic acids is 1. The number of benzene rings is 1. The molecule has 2 N–H and O–H groups in total. The van der Waals surface area contributed by atoms with Crippen LogP contribution in [-0.4, -0.2) is 44.0 Å². The molecule has 2 rings (SSSR count). The van der Waals surface area contributed by atoms with E-state index < -0.39 is 21.3 Å². The number of aliphatic carboxylic acids is 1. The van der Waals surface area contributed by atoms with E-state index >= 15 is 0 Å². The maximum Gasteiger partial charge on any atom is 0.331 e. The zero-order chi connectivity index (χ0) is 15.5. The lowest BCUT2D eigenvalue weighted by molar-refractivity contribution is -0.142. The van der Waals surface area contributed by atoms with E-state index in [1.807, 2.05) is 6.92 Å². The minimum Gasteiger partial charge on any atom is -0.479 e. The fraction of sp³-hybridized carbons (Fsp3) is 0.500. The van der Waals surface area contributed by atoms with Crippen molar-refractivity contribution in [3.05, 3.63) is 24.3 Å². The number of sulfone groups is 1. The van der Waals surface area contributed by atoms with Crippen molar-refractivity contribution in [3.8, 4) is 0 Å². The van der Waals surface area contributed by atoms with Gasteiger partial charge in [-0.1, -0.05) is 6.92 Å². The normalized spacial score (nSPS) is 22.1. The highest BCUT2D eigenvalue weighted by Crippen LogP contribution is 2.26. The molecule has 1 aromatic rings. The van der Waals surface area contributed by atoms with Crippen LogP contribution in [0.4, 0.5) is 5.69 Å². The average Bonchev–Trinajstić information content (AvgIpc) is 2.89. The summed E-state index contributed by atoms with van der Waals surface area (Å²) in [4.78, 5) is 11.7. The number of carboxylic acid groups (broad SMARTS) is 1. The van der Waals surface area contributed by atoms with E-state index in [0.29, 0.717) is 25.1 Å². The fourth-order valence-corrected chi connectivity index (χ4v) is 3.62. The van der Waals surface area contributed by atoms with Gasteiger partial charge in [-0.05, 0) is 30.7 Å². The Morgan fingerprint density at radius 3 is 2.52 bits per heavy atom. The molecule has 0 aliphatic carbocycles. The first-order valence-corrected chi connectivity index (χ1v) is 8.47. The van der Waals surface area contributed by atoms with Crippen molar-refractivity contribution >= 4 is 21.5 Å². The Kier molecular flexibility index (Phi) is 4.53. The van der Waals surface area contributed by atoms with Crippen LogP contribution in [0.5, 0.6) is 0 Å². The number of hydrogen-bond donors (Lipinski definition) is 2. The predicted molar refractivity (Wildman–Crippen MR) is 78.2 cm³/mol. The summed E-state index contributed by atoms with van der Waals surface area (Å²) in [6.45, 7) is 2.30. The van der Waals surface area contributed by atoms with Crippen LogP contribution in [0.3, 0.4) is 0 Å². The Hall–Kier alpha value is -1.60. The van der Waals surface area contributed by atoms with Crippen molar-refractivity contribution in [1.29, 1.82) is 0 Å². The van der Waals surface area contributed by atoms with Crippen LogP contribution >= 0.6 is 0 Å². The molecule has 0 aromatic heterocycles. The Bertz CT molecular complexity index is 603. The number of nitrogens with one attached hydrogen (secondary N) is 1. The van der Waals surface area contributed by atoms with E-state index in [-0.39, 0.29) is 17.3 Å². The van der Waals surface area contributed by atoms with Gasteiger partial charge in [0.15, 0.2) is 15.4 Å². The second-order valence-electron chi connectivity index (χ2n) is 5.16. The van der Waals surface area contributed by atoms with Crippen LogP contribution in [0.1, 0.15) is 19.8 Å². The van der Waals surface area contributed by atoms with Crippen LogP contribution in [-0.2, 0) is 19.4 Å². The molecule has 1 aliphatic rings. The summed E-state index contributed by atoms with van der Waals surface area (Å²) >= 11 is 0. The molecule has 1 fully saturated rings. The van der Waals surface area contributed by atoms with Gasteiger partial charge in [0.1, 0.15) is 0 Å². The first-order valence-electron chi connectivity index (χ1n) is 6.82. The third kappa shape index (κ3) is 3.36. The topological polar surface area (TPSA) is 92.7 Å². The van der Waals surface area contributed by atoms with E-state index in [2.05, 4.69) is 5.32 Å².